The van der Waals surface area contributed by atoms with Crippen LogP contribution < -0.4 is 9.80 Å². The summed E-state index contributed by atoms with van der Waals surface area (Å²) in [5.41, 5.74) is 2.47. The number of rotatable bonds is 5. The molecule has 4 aromatic rings. The van der Waals surface area contributed by atoms with Gasteiger partial charge in [-0.2, -0.15) is 0 Å². The number of benzene rings is 2. The Balaban J connectivity index is 1.50. The fraction of sp³-hybridized carbons (Fsp3) is 0.167. The van der Waals surface area contributed by atoms with Gasteiger partial charge in [0.25, 0.3) is 5.91 Å². The number of furan rings is 1. The molecule has 166 valence electrons. The van der Waals surface area contributed by atoms with Crippen molar-refractivity contribution >= 4 is 61.7 Å². The molecule has 0 atom stereocenters. The molecule has 7 nitrogen and oxygen atoms in total. The highest BCUT2D eigenvalue weighted by Gasteiger charge is 2.30. The minimum absolute atomic E-state index is 0.198. The van der Waals surface area contributed by atoms with E-state index in [1.54, 1.807) is 47.6 Å². The molecule has 0 bridgehead atoms. The van der Waals surface area contributed by atoms with Crippen LogP contribution >= 0.6 is 22.9 Å². The lowest BCUT2D eigenvalue weighted by atomic mass is 10.1. The molecule has 33 heavy (non-hydrogen) atoms. The summed E-state index contributed by atoms with van der Waals surface area (Å²) < 4.78 is 6.40. The number of halogens is 1. The first-order valence-electron chi connectivity index (χ1n) is 10.3. The van der Waals surface area contributed by atoms with Crippen LogP contribution in [0.15, 0.2) is 59.2 Å². The number of aryl methyl sites for hydroxylation is 1. The Hall–Kier alpha value is -3.49. The number of thiazole rings is 1. The monoisotopic (exact) mass is 479 g/mol. The van der Waals surface area contributed by atoms with Crippen LogP contribution in [-0.2, 0) is 16.1 Å². The molecule has 3 heterocycles. The summed E-state index contributed by atoms with van der Waals surface area (Å²) in [4.78, 5) is 45.0. The van der Waals surface area contributed by atoms with E-state index in [4.69, 9.17) is 21.0 Å². The Kier molecular flexibility index (Phi) is 5.47. The topological polar surface area (TPSA) is 83.7 Å². The van der Waals surface area contributed by atoms with Crippen molar-refractivity contribution < 1.29 is 18.8 Å². The van der Waals surface area contributed by atoms with Crippen molar-refractivity contribution in [2.75, 3.05) is 9.80 Å². The summed E-state index contributed by atoms with van der Waals surface area (Å²) in [6.07, 6.45) is 1.97. The second-order valence-electron chi connectivity index (χ2n) is 7.66. The van der Waals surface area contributed by atoms with E-state index >= 15 is 0 Å². The molecule has 2 aromatic heterocycles. The summed E-state index contributed by atoms with van der Waals surface area (Å²) in [6.45, 7) is 2.09. The highest BCUT2D eigenvalue weighted by Crippen LogP contribution is 2.35. The number of hydrogen-bond acceptors (Lipinski definition) is 6. The maximum atomic E-state index is 13.5. The van der Waals surface area contributed by atoms with Crippen molar-refractivity contribution in [3.8, 4) is 0 Å². The normalized spacial score (nSPS) is 13.8. The molecule has 0 N–H and O–H groups in total. The highest BCUT2D eigenvalue weighted by molar-refractivity contribution is 7.22. The number of amides is 3. The van der Waals surface area contributed by atoms with Crippen LogP contribution in [0.2, 0.25) is 5.02 Å². The zero-order valence-electron chi connectivity index (χ0n) is 17.6. The molecule has 0 radical (unpaired) electrons. The van der Waals surface area contributed by atoms with E-state index in [-0.39, 0.29) is 37.1 Å². The molecule has 0 saturated carbocycles. The van der Waals surface area contributed by atoms with E-state index in [1.807, 2.05) is 19.1 Å². The van der Waals surface area contributed by atoms with Crippen LogP contribution in [0.1, 0.15) is 34.5 Å². The smallest absolute Gasteiger partial charge is 0.260 e. The first-order valence-corrected chi connectivity index (χ1v) is 11.5. The molecular weight excluding hydrogens is 462 g/mol. The third-order valence-corrected chi connectivity index (χ3v) is 6.98. The second kappa shape index (κ2) is 8.46. The third-order valence-electron chi connectivity index (χ3n) is 5.53. The Bertz CT molecular complexity index is 1360. The van der Waals surface area contributed by atoms with Crippen LogP contribution in [0.4, 0.5) is 10.8 Å². The summed E-state index contributed by atoms with van der Waals surface area (Å²) in [7, 11) is 0. The largest absolute Gasteiger partial charge is 0.467 e. The molecular formula is C24H18ClN3O4S. The highest BCUT2D eigenvalue weighted by atomic mass is 35.5. The first-order chi connectivity index (χ1) is 15.9. The van der Waals surface area contributed by atoms with Gasteiger partial charge in [0.15, 0.2) is 5.13 Å². The van der Waals surface area contributed by atoms with Gasteiger partial charge in [-0.05, 0) is 61.0 Å². The molecule has 5 rings (SSSR count). The van der Waals surface area contributed by atoms with Gasteiger partial charge in [-0.15, -0.1) is 0 Å². The predicted octanol–water partition coefficient (Wildman–Crippen LogP) is 5.35. The molecule has 0 unspecified atom stereocenters. The number of carbonyl (C=O) groups excluding carboxylic acids is 3. The number of anilines is 2. The quantitative estimate of drug-likeness (QED) is 0.360. The van der Waals surface area contributed by atoms with Crippen LogP contribution in [-0.4, -0.2) is 22.7 Å². The maximum Gasteiger partial charge on any atom is 0.260 e. The van der Waals surface area contributed by atoms with Gasteiger partial charge in [-0.1, -0.05) is 22.9 Å². The molecule has 0 spiro atoms. The number of nitrogens with zero attached hydrogens (tertiary/aromatic N) is 3. The van der Waals surface area contributed by atoms with Crippen LogP contribution in [0.5, 0.6) is 0 Å². The first kappa shape index (κ1) is 21.4. The average molecular weight is 480 g/mol. The number of carbonyl (C=O) groups is 3. The molecule has 1 fully saturated rings. The number of aromatic nitrogens is 1. The third kappa shape index (κ3) is 3.92. The van der Waals surface area contributed by atoms with Crippen LogP contribution in [0, 0.1) is 6.92 Å². The SMILES string of the molecule is Cc1c(Cl)ccc2sc(N(Cc3ccco3)C(=O)c3ccc(N4C(=O)CCC4=O)cc3)nc12. The molecule has 1 aliphatic heterocycles. The fourth-order valence-corrected chi connectivity index (χ4v) is 4.94. The predicted molar refractivity (Wildman–Crippen MR) is 127 cm³/mol. The van der Waals surface area contributed by atoms with Gasteiger partial charge >= 0.3 is 0 Å². The van der Waals surface area contributed by atoms with Crippen molar-refractivity contribution in [2.24, 2.45) is 0 Å². The Labute approximate surface area is 198 Å². The molecule has 9 heteroatoms. The summed E-state index contributed by atoms with van der Waals surface area (Å²) in [5, 5.41) is 1.13. The molecule has 1 aliphatic rings. The van der Waals surface area contributed by atoms with E-state index < -0.39 is 0 Å². The fourth-order valence-electron chi connectivity index (χ4n) is 3.76. The molecule has 2 aromatic carbocycles. The minimum atomic E-state index is -0.278. The van der Waals surface area contributed by atoms with E-state index in [1.165, 1.54) is 11.3 Å². The van der Waals surface area contributed by atoms with Crippen LogP contribution in [0.3, 0.4) is 0 Å². The van der Waals surface area contributed by atoms with Crippen LogP contribution in [0.25, 0.3) is 10.2 Å². The lowest BCUT2D eigenvalue weighted by Gasteiger charge is -2.19. The van der Waals surface area contributed by atoms with Crippen molar-refractivity contribution in [2.45, 2.75) is 26.3 Å². The Morgan fingerprint density at radius 2 is 1.85 bits per heavy atom. The average Bonchev–Trinajstić information content (AvgIpc) is 3.55. The van der Waals surface area contributed by atoms with Crippen molar-refractivity contribution in [3.05, 3.63) is 76.7 Å². The zero-order valence-corrected chi connectivity index (χ0v) is 19.2. The molecule has 3 amide bonds. The van der Waals surface area contributed by atoms with Crippen molar-refractivity contribution in [3.63, 3.8) is 0 Å². The number of fused-ring (bicyclic) bond motifs is 1. The zero-order chi connectivity index (χ0) is 23.1. The number of imide groups is 1. The maximum absolute atomic E-state index is 13.5. The Morgan fingerprint density at radius 1 is 1.12 bits per heavy atom. The lowest BCUT2D eigenvalue weighted by Crippen LogP contribution is -2.31. The van der Waals surface area contributed by atoms with Gasteiger partial charge in [0, 0.05) is 23.4 Å². The summed E-state index contributed by atoms with van der Waals surface area (Å²) in [6, 6.07) is 13.7. The van der Waals surface area contributed by atoms with Gasteiger partial charge in [0.2, 0.25) is 11.8 Å². The summed E-state index contributed by atoms with van der Waals surface area (Å²) >= 11 is 7.65. The lowest BCUT2D eigenvalue weighted by molar-refractivity contribution is -0.121. The van der Waals surface area contributed by atoms with E-state index in [9.17, 15) is 14.4 Å². The second-order valence-corrected chi connectivity index (χ2v) is 9.07. The van der Waals surface area contributed by atoms with Gasteiger partial charge in [-0.25, -0.2) is 4.98 Å². The minimum Gasteiger partial charge on any atom is -0.467 e. The van der Waals surface area contributed by atoms with Gasteiger partial charge < -0.3 is 4.42 Å². The van der Waals surface area contributed by atoms with E-state index in [0.29, 0.717) is 27.2 Å². The van der Waals surface area contributed by atoms with Gasteiger partial charge in [0.05, 0.1) is 28.7 Å². The Morgan fingerprint density at radius 3 is 2.52 bits per heavy atom. The van der Waals surface area contributed by atoms with Crippen molar-refractivity contribution in [1.29, 1.82) is 0 Å². The van der Waals surface area contributed by atoms with Gasteiger partial charge in [-0.3, -0.25) is 24.2 Å². The van der Waals surface area contributed by atoms with E-state index in [0.717, 1.165) is 20.7 Å². The molecule has 1 saturated heterocycles. The molecule has 0 aliphatic carbocycles. The van der Waals surface area contributed by atoms with E-state index in [2.05, 4.69) is 0 Å². The standard InChI is InChI=1S/C24H18ClN3O4S/c1-14-18(25)8-9-19-22(14)26-24(33-19)27(13-17-3-2-12-32-17)23(31)15-4-6-16(7-5-15)28-20(29)10-11-21(28)30/h2-9,12H,10-11,13H2,1H3. The number of hydrogen-bond donors (Lipinski definition) is 0. The van der Waals surface area contributed by atoms with Gasteiger partial charge in [0.1, 0.15) is 5.76 Å². The van der Waals surface area contributed by atoms with Crippen molar-refractivity contribution in [1.82, 2.24) is 4.98 Å². The summed E-state index contributed by atoms with van der Waals surface area (Å²) in [5.74, 6) is -0.133.